The van der Waals surface area contributed by atoms with Gasteiger partial charge in [-0.15, -0.1) is 0 Å². The Balaban J connectivity index is 1.62. The summed E-state index contributed by atoms with van der Waals surface area (Å²) in [5.74, 6) is -0.411. The molecule has 1 fully saturated rings. The van der Waals surface area contributed by atoms with Gasteiger partial charge in [-0.1, -0.05) is 23.7 Å². The molecular weight excluding hydrogens is 392 g/mol. The van der Waals surface area contributed by atoms with Crippen LogP contribution in [0, 0.1) is 0 Å². The highest BCUT2D eigenvalue weighted by molar-refractivity contribution is 6.30. The van der Waals surface area contributed by atoms with E-state index in [1.165, 1.54) is 6.20 Å². The SMILES string of the molecule is Nc1ncc(-c2cccc(Cl)c2)nc1C(=O)Nc1cnccc1N1CCOCC1. The summed E-state index contributed by atoms with van der Waals surface area (Å²) in [6, 6.07) is 9.02. The van der Waals surface area contributed by atoms with Crippen LogP contribution in [-0.2, 0) is 4.74 Å². The van der Waals surface area contributed by atoms with Crippen LogP contribution in [0.25, 0.3) is 11.3 Å². The molecule has 148 valence electrons. The number of carbonyl (C=O) groups excluding carboxylic acids is 1. The van der Waals surface area contributed by atoms with Gasteiger partial charge in [0.15, 0.2) is 11.5 Å². The van der Waals surface area contributed by atoms with Gasteiger partial charge in [0.2, 0.25) is 0 Å². The summed E-state index contributed by atoms with van der Waals surface area (Å²) in [7, 11) is 0. The van der Waals surface area contributed by atoms with Crippen LogP contribution in [0.1, 0.15) is 10.5 Å². The Bertz CT molecular complexity index is 1040. The summed E-state index contributed by atoms with van der Waals surface area (Å²) in [4.78, 5) is 27.7. The van der Waals surface area contributed by atoms with Gasteiger partial charge in [0.25, 0.3) is 5.91 Å². The lowest BCUT2D eigenvalue weighted by Crippen LogP contribution is -2.36. The zero-order valence-corrected chi connectivity index (χ0v) is 16.3. The number of carbonyl (C=O) groups is 1. The Morgan fingerprint density at radius 3 is 2.83 bits per heavy atom. The average molecular weight is 411 g/mol. The second-order valence-corrected chi connectivity index (χ2v) is 6.88. The van der Waals surface area contributed by atoms with Gasteiger partial charge < -0.3 is 20.7 Å². The van der Waals surface area contributed by atoms with E-state index in [2.05, 4.69) is 25.2 Å². The maximum Gasteiger partial charge on any atom is 0.278 e. The highest BCUT2D eigenvalue weighted by atomic mass is 35.5. The molecule has 1 aliphatic rings. The molecule has 0 radical (unpaired) electrons. The molecule has 0 atom stereocenters. The van der Waals surface area contributed by atoms with Gasteiger partial charge in [-0.25, -0.2) is 9.97 Å². The van der Waals surface area contributed by atoms with E-state index in [0.717, 1.165) is 24.3 Å². The van der Waals surface area contributed by atoms with Crippen LogP contribution in [0.15, 0.2) is 48.9 Å². The Morgan fingerprint density at radius 1 is 1.21 bits per heavy atom. The minimum Gasteiger partial charge on any atom is -0.382 e. The predicted molar refractivity (Wildman–Crippen MR) is 112 cm³/mol. The number of hydrogen-bond acceptors (Lipinski definition) is 7. The van der Waals surface area contributed by atoms with Crippen LogP contribution in [-0.4, -0.2) is 47.2 Å². The highest BCUT2D eigenvalue weighted by Crippen LogP contribution is 2.27. The molecule has 8 nitrogen and oxygen atoms in total. The molecule has 0 aliphatic carbocycles. The standard InChI is InChI=1S/C20H19ClN6O2/c21-14-3-1-2-13(10-14)15-12-24-19(22)18(25-15)20(28)26-16-11-23-5-4-17(16)27-6-8-29-9-7-27/h1-5,10-12H,6-9H2,(H2,22,24)(H,26,28). The average Bonchev–Trinajstić information content (AvgIpc) is 2.75. The Labute approximate surface area is 172 Å². The quantitative estimate of drug-likeness (QED) is 0.681. The minimum absolute atomic E-state index is 0.0410. The first-order chi connectivity index (χ1) is 14.1. The van der Waals surface area contributed by atoms with Crippen molar-refractivity contribution in [2.24, 2.45) is 0 Å². The van der Waals surface area contributed by atoms with Gasteiger partial charge in [-0.05, 0) is 18.2 Å². The van der Waals surface area contributed by atoms with E-state index in [9.17, 15) is 4.79 Å². The number of pyridine rings is 1. The zero-order chi connectivity index (χ0) is 20.2. The Hall–Kier alpha value is -3.23. The molecule has 0 unspecified atom stereocenters. The fourth-order valence-corrected chi connectivity index (χ4v) is 3.29. The molecular formula is C20H19ClN6O2. The van der Waals surface area contributed by atoms with E-state index in [0.29, 0.717) is 29.6 Å². The lowest BCUT2D eigenvalue weighted by Gasteiger charge is -2.30. The van der Waals surface area contributed by atoms with Crippen LogP contribution in [0.2, 0.25) is 5.02 Å². The number of ether oxygens (including phenoxy) is 1. The van der Waals surface area contributed by atoms with Gasteiger partial charge in [0, 0.05) is 29.9 Å². The molecule has 29 heavy (non-hydrogen) atoms. The number of nitrogens with two attached hydrogens (primary N) is 1. The van der Waals surface area contributed by atoms with Crippen molar-refractivity contribution in [2.75, 3.05) is 42.3 Å². The molecule has 3 aromatic rings. The fourth-order valence-electron chi connectivity index (χ4n) is 3.10. The van der Waals surface area contributed by atoms with Crippen LogP contribution < -0.4 is 16.0 Å². The molecule has 3 N–H and O–H groups in total. The number of nitrogens with one attached hydrogen (secondary N) is 1. The first-order valence-electron chi connectivity index (χ1n) is 9.08. The molecule has 1 saturated heterocycles. The third-order valence-electron chi connectivity index (χ3n) is 4.53. The Kier molecular flexibility index (Phi) is 5.55. The van der Waals surface area contributed by atoms with Gasteiger partial charge in [0.05, 0.1) is 42.7 Å². The van der Waals surface area contributed by atoms with Crippen molar-refractivity contribution in [3.63, 3.8) is 0 Å². The molecule has 1 amide bonds. The van der Waals surface area contributed by atoms with Crippen molar-refractivity contribution < 1.29 is 9.53 Å². The van der Waals surface area contributed by atoms with Crippen LogP contribution in [0.3, 0.4) is 0 Å². The fraction of sp³-hybridized carbons (Fsp3) is 0.200. The summed E-state index contributed by atoms with van der Waals surface area (Å²) in [5, 5.41) is 3.43. The van der Waals surface area contributed by atoms with Crippen molar-refractivity contribution in [1.82, 2.24) is 15.0 Å². The number of anilines is 3. The Morgan fingerprint density at radius 2 is 2.03 bits per heavy atom. The molecule has 3 heterocycles. The van der Waals surface area contributed by atoms with Gasteiger partial charge in [0.1, 0.15) is 0 Å². The monoisotopic (exact) mass is 410 g/mol. The highest BCUT2D eigenvalue weighted by Gasteiger charge is 2.19. The molecule has 0 spiro atoms. The second kappa shape index (κ2) is 8.42. The molecule has 0 bridgehead atoms. The lowest BCUT2D eigenvalue weighted by molar-refractivity contribution is 0.102. The van der Waals surface area contributed by atoms with Gasteiger partial charge >= 0.3 is 0 Å². The number of benzene rings is 1. The number of morpholine rings is 1. The number of nitrogen functional groups attached to an aromatic ring is 1. The maximum atomic E-state index is 12.9. The van der Waals surface area contributed by atoms with Crippen molar-refractivity contribution >= 4 is 34.7 Å². The van der Waals surface area contributed by atoms with Gasteiger partial charge in [-0.3, -0.25) is 9.78 Å². The van der Waals surface area contributed by atoms with Crippen molar-refractivity contribution in [2.45, 2.75) is 0 Å². The first-order valence-corrected chi connectivity index (χ1v) is 9.46. The second-order valence-electron chi connectivity index (χ2n) is 6.45. The summed E-state index contributed by atoms with van der Waals surface area (Å²) in [6.07, 6.45) is 4.81. The van der Waals surface area contributed by atoms with E-state index in [1.807, 2.05) is 12.1 Å². The van der Waals surface area contributed by atoms with E-state index < -0.39 is 5.91 Å². The molecule has 0 saturated carbocycles. The topological polar surface area (TPSA) is 106 Å². The lowest BCUT2D eigenvalue weighted by atomic mass is 10.1. The van der Waals surface area contributed by atoms with E-state index in [4.69, 9.17) is 22.1 Å². The van der Waals surface area contributed by atoms with E-state index in [-0.39, 0.29) is 11.5 Å². The molecule has 9 heteroatoms. The molecule has 1 aromatic carbocycles. The summed E-state index contributed by atoms with van der Waals surface area (Å²) in [5.41, 5.74) is 8.67. The third-order valence-corrected chi connectivity index (χ3v) is 4.77. The van der Waals surface area contributed by atoms with Crippen molar-refractivity contribution in [1.29, 1.82) is 0 Å². The van der Waals surface area contributed by atoms with Crippen molar-refractivity contribution in [3.05, 3.63) is 59.6 Å². The number of halogens is 1. The number of amides is 1. The summed E-state index contributed by atoms with van der Waals surface area (Å²) >= 11 is 6.05. The number of nitrogens with zero attached hydrogens (tertiary/aromatic N) is 4. The minimum atomic E-state index is -0.457. The van der Waals surface area contributed by atoms with E-state index in [1.54, 1.807) is 30.6 Å². The van der Waals surface area contributed by atoms with Crippen molar-refractivity contribution in [3.8, 4) is 11.3 Å². The molecule has 1 aliphatic heterocycles. The zero-order valence-electron chi connectivity index (χ0n) is 15.5. The van der Waals surface area contributed by atoms with Crippen LogP contribution >= 0.6 is 11.6 Å². The van der Waals surface area contributed by atoms with Crippen LogP contribution in [0.5, 0.6) is 0 Å². The molecule has 4 rings (SSSR count). The third kappa shape index (κ3) is 4.28. The number of hydrogen-bond donors (Lipinski definition) is 2. The maximum absolute atomic E-state index is 12.9. The van der Waals surface area contributed by atoms with Gasteiger partial charge in [-0.2, -0.15) is 0 Å². The largest absolute Gasteiger partial charge is 0.382 e. The normalized spacial score (nSPS) is 13.9. The van der Waals surface area contributed by atoms with Crippen LogP contribution in [0.4, 0.5) is 17.2 Å². The first kappa shape index (κ1) is 19.1. The summed E-state index contributed by atoms with van der Waals surface area (Å²) in [6.45, 7) is 2.74. The van der Waals surface area contributed by atoms with E-state index >= 15 is 0 Å². The number of aromatic nitrogens is 3. The smallest absolute Gasteiger partial charge is 0.278 e. The number of rotatable bonds is 4. The molecule has 2 aromatic heterocycles. The summed E-state index contributed by atoms with van der Waals surface area (Å²) < 4.78 is 5.40. The predicted octanol–water partition coefficient (Wildman–Crippen LogP) is 2.86.